The van der Waals surface area contributed by atoms with Crippen molar-refractivity contribution in [3.8, 4) is 11.5 Å². The molecule has 0 aliphatic rings. The average Bonchev–Trinajstić information content (AvgIpc) is 2.72. The molecule has 0 aromatic heterocycles. The molecule has 0 bridgehead atoms. The molecule has 0 saturated carbocycles. The van der Waals surface area contributed by atoms with Gasteiger partial charge in [0.15, 0.2) is 11.5 Å². The van der Waals surface area contributed by atoms with Crippen molar-refractivity contribution >= 4 is 23.4 Å². The number of rotatable bonds is 11. The van der Waals surface area contributed by atoms with E-state index >= 15 is 0 Å². The van der Waals surface area contributed by atoms with Gasteiger partial charge in [-0.3, -0.25) is 9.69 Å². The minimum atomic E-state index is -0.0334. The largest absolute Gasteiger partial charge is 0.493 e. The molecule has 0 aliphatic carbocycles. The zero-order chi connectivity index (χ0) is 20.4. The quantitative estimate of drug-likeness (QED) is 0.446. The number of nitrogens with one attached hydrogen (secondary N) is 1. The molecule has 2 rings (SSSR count). The lowest BCUT2D eigenvalue weighted by molar-refractivity contribution is -0.117. The summed E-state index contributed by atoms with van der Waals surface area (Å²) in [7, 11) is 3.24. The molecular formula is C22H28N2O3S. The molecule has 0 saturated heterocycles. The first-order valence-electron chi connectivity index (χ1n) is 9.17. The number of nitrogens with zero attached hydrogens (tertiary/aromatic N) is 1. The van der Waals surface area contributed by atoms with Crippen LogP contribution in [-0.4, -0.2) is 43.9 Å². The van der Waals surface area contributed by atoms with Gasteiger partial charge in [0.1, 0.15) is 0 Å². The van der Waals surface area contributed by atoms with E-state index in [9.17, 15) is 4.79 Å². The number of benzene rings is 2. The fourth-order valence-electron chi connectivity index (χ4n) is 2.75. The molecule has 28 heavy (non-hydrogen) atoms. The third-order valence-corrected chi connectivity index (χ3v) is 5.26. The molecule has 0 unspecified atom stereocenters. The minimum Gasteiger partial charge on any atom is -0.493 e. The SMILES string of the molecule is C=CCSc1ccccc1NC(=O)CN(CC)Cc1ccc(OC)c(OC)c1. The van der Waals surface area contributed by atoms with Crippen molar-refractivity contribution < 1.29 is 14.3 Å². The molecular weight excluding hydrogens is 372 g/mol. The Morgan fingerprint density at radius 2 is 1.93 bits per heavy atom. The van der Waals surface area contributed by atoms with Crippen molar-refractivity contribution in [2.24, 2.45) is 0 Å². The highest BCUT2D eigenvalue weighted by Crippen LogP contribution is 2.28. The van der Waals surface area contributed by atoms with Crippen molar-refractivity contribution in [3.63, 3.8) is 0 Å². The van der Waals surface area contributed by atoms with Gasteiger partial charge in [0.05, 0.1) is 26.5 Å². The summed E-state index contributed by atoms with van der Waals surface area (Å²) in [5.74, 6) is 2.15. The number of para-hydroxylation sites is 1. The number of hydrogen-bond acceptors (Lipinski definition) is 5. The maximum absolute atomic E-state index is 12.6. The normalized spacial score (nSPS) is 10.6. The number of ether oxygens (including phenoxy) is 2. The minimum absolute atomic E-state index is 0.0334. The number of hydrogen-bond donors (Lipinski definition) is 1. The van der Waals surface area contributed by atoms with Crippen LogP contribution >= 0.6 is 11.8 Å². The van der Waals surface area contributed by atoms with E-state index in [4.69, 9.17) is 9.47 Å². The van der Waals surface area contributed by atoms with Crippen LogP contribution in [0.5, 0.6) is 11.5 Å². The van der Waals surface area contributed by atoms with E-state index in [1.54, 1.807) is 26.0 Å². The standard InChI is InChI=1S/C22H28N2O3S/c1-5-13-28-21-10-8-7-9-18(21)23-22(25)16-24(6-2)15-17-11-12-19(26-3)20(14-17)27-4/h5,7-12,14H,1,6,13,15-16H2,2-4H3,(H,23,25). The van der Waals surface area contributed by atoms with E-state index in [1.165, 1.54) is 0 Å². The molecule has 6 heteroatoms. The monoisotopic (exact) mass is 400 g/mol. The molecule has 0 aliphatic heterocycles. The molecule has 2 aromatic rings. The maximum atomic E-state index is 12.6. The number of amides is 1. The van der Waals surface area contributed by atoms with Crippen LogP contribution in [-0.2, 0) is 11.3 Å². The van der Waals surface area contributed by atoms with Crippen LogP contribution in [0.2, 0.25) is 0 Å². The lowest BCUT2D eigenvalue weighted by atomic mass is 10.2. The molecule has 5 nitrogen and oxygen atoms in total. The zero-order valence-corrected chi connectivity index (χ0v) is 17.6. The Hall–Kier alpha value is -2.44. The third-order valence-electron chi connectivity index (χ3n) is 4.19. The predicted molar refractivity (Wildman–Crippen MR) is 116 cm³/mol. The summed E-state index contributed by atoms with van der Waals surface area (Å²) in [6, 6.07) is 13.6. The van der Waals surface area contributed by atoms with Gasteiger partial charge in [-0.2, -0.15) is 0 Å². The lowest BCUT2D eigenvalue weighted by Crippen LogP contribution is -2.32. The van der Waals surface area contributed by atoms with Crippen LogP contribution in [0.4, 0.5) is 5.69 Å². The topological polar surface area (TPSA) is 50.8 Å². The van der Waals surface area contributed by atoms with Gasteiger partial charge in [-0.1, -0.05) is 31.2 Å². The van der Waals surface area contributed by atoms with Gasteiger partial charge >= 0.3 is 0 Å². The van der Waals surface area contributed by atoms with Gasteiger partial charge in [0.25, 0.3) is 0 Å². The van der Waals surface area contributed by atoms with Crippen molar-refractivity contribution in [2.75, 3.05) is 38.4 Å². The Balaban J connectivity index is 2.01. The highest BCUT2D eigenvalue weighted by atomic mass is 32.2. The summed E-state index contributed by atoms with van der Waals surface area (Å²) < 4.78 is 10.6. The van der Waals surface area contributed by atoms with Crippen molar-refractivity contribution in [2.45, 2.75) is 18.4 Å². The van der Waals surface area contributed by atoms with E-state index in [-0.39, 0.29) is 5.91 Å². The van der Waals surface area contributed by atoms with Crippen LogP contribution in [0.25, 0.3) is 0 Å². The van der Waals surface area contributed by atoms with Crippen LogP contribution in [0, 0.1) is 0 Å². The number of methoxy groups -OCH3 is 2. The van der Waals surface area contributed by atoms with Crippen LogP contribution in [0.1, 0.15) is 12.5 Å². The molecule has 2 aromatic carbocycles. The number of carbonyl (C=O) groups is 1. The number of likely N-dealkylation sites (N-methyl/N-ethyl adjacent to an activating group) is 1. The Kier molecular flexibility index (Phi) is 8.91. The van der Waals surface area contributed by atoms with Gasteiger partial charge in [-0.25, -0.2) is 0 Å². The second kappa shape index (κ2) is 11.4. The first-order chi connectivity index (χ1) is 13.6. The first-order valence-corrected chi connectivity index (χ1v) is 10.2. The fourth-order valence-corrected chi connectivity index (χ4v) is 3.50. The molecule has 1 N–H and O–H groups in total. The summed E-state index contributed by atoms with van der Waals surface area (Å²) in [5, 5.41) is 3.03. The van der Waals surface area contributed by atoms with Crippen LogP contribution in [0.15, 0.2) is 60.0 Å². The second-order valence-electron chi connectivity index (χ2n) is 6.14. The summed E-state index contributed by atoms with van der Waals surface area (Å²) >= 11 is 1.65. The smallest absolute Gasteiger partial charge is 0.238 e. The van der Waals surface area contributed by atoms with Gasteiger partial charge in [0, 0.05) is 17.2 Å². The molecule has 1 amide bonds. The highest BCUT2D eigenvalue weighted by Gasteiger charge is 2.13. The van der Waals surface area contributed by atoms with Gasteiger partial charge < -0.3 is 14.8 Å². The van der Waals surface area contributed by atoms with Gasteiger partial charge in [0.2, 0.25) is 5.91 Å². The van der Waals surface area contributed by atoms with Gasteiger partial charge in [-0.15, -0.1) is 18.3 Å². The Morgan fingerprint density at radius 3 is 2.61 bits per heavy atom. The van der Waals surface area contributed by atoms with E-state index < -0.39 is 0 Å². The molecule has 0 radical (unpaired) electrons. The van der Waals surface area contributed by atoms with Gasteiger partial charge in [-0.05, 0) is 36.4 Å². The second-order valence-corrected chi connectivity index (χ2v) is 7.20. The Labute approximate surface area is 171 Å². The lowest BCUT2D eigenvalue weighted by Gasteiger charge is -2.21. The summed E-state index contributed by atoms with van der Waals surface area (Å²) in [5.41, 5.74) is 1.90. The summed E-state index contributed by atoms with van der Waals surface area (Å²) in [4.78, 5) is 15.7. The average molecular weight is 401 g/mol. The summed E-state index contributed by atoms with van der Waals surface area (Å²) in [6.45, 7) is 7.51. The van der Waals surface area contributed by atoms with E-state index in [0.29, 0.717) is 24.6 Å². The zero-order valence-electron chi connectivity index (χ0n) is 16.7. The predicted octanol–water partition coefficient (Wildman–Crippen LogP) is 4.44. The van der Waals surface area contributed by atoms with Crippen molar-refractivity contribution in [1.82, 2.24) is 4.90 Å². The summed E-state index contributed by atoms with van der Waals surface area (Å²) in [6.07, 6.45) is 1.85. The molecule has 0 heterocycles. The highest BCUT2D eigenvalue weighted by molar-refractivity contribution is 7.99. The molecule has 0 atom stereocenters. The molecule has 150 valence electrons. The van der Waals surface area contributed by atoms with E-state index in [2.05, 4.69) is 16.8 Å². The maximum Gasteiger partial charge on any atom is 0.238 e. The van der Waals surface area contributed by atoms with Crippen molar-refractivity contribution in [3.05, 3.63) is 60.7 Å². The van der Waals surface area contributed by atoms with Crippen LogP contribution in [0.3, 0.4) is 0 Å². The van der Waals surface area contributed by atoms with E-state index in [0.717, 1.165) is 28.4 Å². The Morgan fingerprint density at radius 1 is 1.18 bits per heavy atom. The fraction of sp³-hybridized carbons (Fsp3) is 0.318. The molecule has 0 fully saturated rings. The first kappa shape index (κ1) is 21.9. The van der Waals surface area contributed by atoms with E-state index in [1.807, 2.05) is 55.5 Å². The third kappa shape index (κ3) is 6.32. The van der Waals surface area contributed by atoms with Crippen LogP contribution < -0.4 is 14.8 Å². The number of anilines is 1. The Bertz CT molecular complexity index is 795. The van der Waals surface area contributed by atoms with Crippen molar-refractivity contribution in [1.29, 1.82) is 0 Å². The number of thioether (sulfide) groups is 1. The number of carbonyl (C=O) groups excluding carboxylic acids is 1. The molecule has 0 spiro atoms.